The first kappa shape index (κ1) is 20.0. The Morgan fingerprint density at radius 3 is 2.29 bits per heavy atom. The minimum absolute atomic E-state index is 0.0316. The average Bonchev–Trinajstić information content (AvgIpc) is 2.61. The maximum Gasteiger partial charge on any atom is 0.306 e. The number of rotatable bonds is 12. The maximum absolute atomic E-state index is 11.7. The number of hydrogen-bond donors (Lipinski definition) is 0. The van der Waals surface area contributed by atoms with E-state index in [-0.39, 0.29) is 25.4 Å². The molecule has 5 heteroatoms. The molecule has 5 nitrogen and oxygen atoms in total. The highest BCUT2D eigenvalue weighted by Crippen LogP contribution is 2.18. The first-order chi connectivity index (χ1) is 11.7. The van der Waals surface area contributed by atoms with Crippen LogP contribution in [0.3, 0.4) is 0 Å². The predicted octanol–water partition coefficient (Wildman–Crippen LogP) is 4.03. The van der Waals surface area contributed by atoms with Crippen molar-refractivity contribution in [2.24, 2.45) is 0 Å². The molecule has 0 fully saturated rings. The second-order valence-corrected chi connectivity index (χ2v) is 5.61. The molecule has 0 spiro atoms. The van der Waals surface area contributed by atoms with Crippen molar-refractivity contribution in [3.63, 3.8) is 0 Å². The third-order valence-electron chi connectivity index (χ3n) is 3.63. The van der Waals surface area contributed by atoms with E-state index < -0.39 is 5.97 Å². The quantitative estimate of drug-likeness (QED) is 0.426. The molecule has 0 saturated carbocycles. The fraction of sp³-hybridized carbons (Fsp3) is 0.579. The van der Waals surface area contributed by atoms with Gasteiger partial charge in [-0.25, -0.2) is 0 Å². The van der Waals surface area contributed by atoms with E-state index in [1.54, 1.807) is 13.2 Å². The number of unbranched alkanes of at least 4 members (excludes halogenated alkanes) is 4. The van der Waals surface area contributed by atoms with E-state index in [1.165, 1.54) is 19.3 Å². The van der Waals surface area contributed by atoms with Crippen molar-refractivity contribution in [2.75, 3.05) is 13.7 Å². The highest BCUT2D eigenvalue weighted by molar-refractivity contribution is 5.77. The summed E-state index contributed by atoms with van der Waals surface area (Å²) in [6.07, 6.45) is 5.61. The average molecular weight is 336 g/mol. The van der Waals surface area contributed by atoms with Gasteiger partial charge in [0.25, 0.3) is 0 Å². The number of hydrogen-bond acceptors (Lipinski definition) is 5. The largest absolute Gasteiger partial charge is 0.496 e. The molecule has 0 amide bonds. The van der Waals surface area contributed by atoms with E-state index in [2.05, 4.69) is 6.92 Å². The molecule has 1 rings (SSSR count). The summed E-state index contributed by atoms with van der Waals surface area (Å²) >= 11 is 0. The van der Waals surface area contributed by atoms with Crippen LogP contribution >= 0.6 is 0 Å². The minimum atomic E-state index is -0.416. The topological polar surface area (TPSA) is 61.8 Å². The minimum Gasteiger partial charge on any atom is -0.496 e. The van der Waals surface area contributed by atoms with Crippen LogP contribution in [0, 0.1) is 0 Å². The molecule has 0 saturated heterocycles. The summed E-state index contributed by atoms with van der Waals surface area (Å²) in [6, 6.07) is 7.34. The molecule has 0 bridgehead atoms. The molecule has 0 aliphatic rings. The van der Waals surface area contributed by atoms with Crippen LogP contribution in [0.4, 0.5) is 0 Å². The van der Waals surface area contributed by atoms with Crippen LogP contribution in [0.15, 0.2) is 24.3 Å². The van der Waals surface area contributed by atoms with Gasteiger partial charge in [-0.2, -0.15) is 0 Å². The smallest absolute Gasteiger partial charge is 0.306 e. The Kier molecular flexibility index (Phi) is 10.3. The normalized spacial score (nSPS) is 10.2. The van der Waals surface area contributed by atoms with Crippen LogP contribution < -0.4 is 4.74 Å². The molecule has 0 aliphatic carbocycles. The van der Waals surface area contributed by atoms with Crippen molar-refractivity contribution in [1.29, 1.82) is 0 Å². The van der Waals surface area contributed by atoms with Crippen LogP contribution in [0.1, 0.15) is 57.4 Å². The first-order valence-corrected chi connectivity index (χ1v) is 8.60. The predicted molar refractivity (Wildman–Crippen MR) is 91.7 cm³/mol. The summed E-state index contributed by atoms with van der Waals surface area (Å²) in [5, 5.41) is 0. The highest BCUT2D eigenvalue weighted by Gasteiger charge is 2.10. The number of ether oxygens (including phenoxy) is 3. The molecular formula is C19H28O5. The second-order valence-electron chi connectivity index (χ2n) is 5.61. The zero-order valence-corrected chi connectivity index (χ0v) is 14.7. The van der Waals surface area contributed by atoms with Crippen molar-refractivity contribution >= 4 is 11.9 Å². The highest BCUT2D eigenvalue weighted by atomic mass is 16.5. The SMILES string of the molecule is CCCCCCCOC(=O)CCC(=O)OCc1ccccc1OC. The molecule has 24 heavy (non-hydrogen) atoms. The molecule has 1 aromatic rings. The van der Waals surface area contributed by atoms with Gasteiger partial charge in [-0.05, 0) is 12.5 Å². The lowest BCUT2D eigenvalue weighted by molar-refractivity contribution is -0.151. The molecule has 0 unspecified atom stereocenters. The third kappa shape index (κ3) is 8.56. The van der Waals surface area contributed by atoms with E-state index >= 15 is 0 Å². The molecule has 0 aromatic heterocycles. The monoisotopic (exact) mass is 336 g/mol. The number of para-hydroxylation sites is 1. The number of benzene rings is 1. The molecule has 0 heterocycles. The molecule has 0 radical (unpaired) electrons. The van der Waals surface area contributed by atoms with Crippen molar-refractivity contribution in [2.45, 2.75) is 58.5 Å². The third-order valence-corrected chi connectivity index (χ3v) is 3.63. The van der Waals surface area contributed by atoms with Gasteiger partial charge in [0, 0.05) is 5.56 Å². The van der Waals surface area contributed by atoms with E-state index in [0.29, 0.717) is 12.4 Å². The summed E-state index contributed by atoms with van der Waals surface area (Å²) in [5.41, 5.74) is 0.794. The molecule has 1 aromatic carbocycles. The Morgan fingerprint density at radius 1 is 0.917 bits per heavy atom. The Labute approximate surface area is 144 Å². The van der Waals surface area contributed by atoms with Gasteiger partial charge in [0.15, 0.2) is 0 Å². The lowest BCUT2D eigenvalue weighted by Gasteiger charge is -2.09. The number of carbonyl (C=O) groups is 2. The van der Waals surface area contributed by atoms with Gasteiger partial charge in [-0.15, -0.1) is 0 Å². The van der Waals surface area contributed by atoms with Crippen LogP contribution in [0.2, 0.25) is 0 Å². The summed E-state index contributed by atoms with van der Waals surface area (Å²) < 4.78 is 15.5. The maximum atomic E-state index is 11.7. The number of methoxy groups -OCH3 is 1. The van der Waals surface area contributed by atoms with Gasteiger partial charge in [0.2, 0.25) is 0 Å². The fourth-order valence-electron chi connectivity index (χ4n) is 2.22. The van der Waals surface area contributed by atoms with Crippen LogP contribution in [-0.2, 0) is 25.7 Å². The van der Waals surface area contributed by atoms with Gasteiger partial charge < -0.3 is 14.2 Å². The standard InChI is InChI=1S/C19H28O5/c1-3-4-5-6-9-14-23-18(20)12-13-19(21)24-15-16-10-7-8-11-17(16)22-2/h7-8,10-11H,3-6,9,12-15H2,1-2H3. The van der Waals surface area contributed by atoms with Crippen molar-refractivity contribution in [3.05, 3.63) is 29.8 Å². The number of carbonyl (C=O) groups excluding carboxylic acids is 2. The first-order valence-electron chi connectivity index (χ1n) is 8.60. The summed E-state index contributed by atoms with van der Waals surface area (Å²) in [6.45, 7) is 2.72. The second kappa shape index (κ2) is 12.4. The Balaban J connectivity index is 2.13. The van der Waals surface area contributed by atoms with Gasteiger partial charge >= 0.3 is 11.9 Å². The zero-order valence-electron chi connectivity index (χ0n) is 14.7. The van der Waals surface area contributed by atoms with Gasteiger partial charge in [0.05, 0.1) is 26.6 Å². The molecule has 0 N–H and O–H groups in total. The van der Waals surface area contributed by atoms with Crippen LogP contribution in [0.25, 0.3) is 0 Å². The molecule has 134 valence electrons. The molecular weight excluding hydrogens is 308 g/mol. The Morgan fingerprint density at radius 2 is 1.58 bits per heavy atom. The van der Waals surface area contributed by atoms with Crippen molar-refractivity contribution in [1.82, 2.24) is 0 Å². The van der Waals surface area contributed by atoms with E-state index in [1.807, 2.05) is 18.2 Å². The van der Waals surface area contributed by atoms with Crippen LogP contribution in [0.5, 0.6) is 5.75 Å². The van der Waals surface area contributed by atoms with E-state index in [9.17, 15) is 9.59 Å². The van der Waals surface area contributed by atoms with Crippen molar-refractivity contribution in [3.8, 4) is 5.75 Å². The molecule has 0 aliphatic heterocycles. The summed E-state index contributed by atoms with van der Waals surface area (Å²) in [4.78, 5) is 23.3. The van der Waals surface area contributed by atoms with Gasteiger partial charge in [0.1, 0.15) is 12.4 Å². The van der Waals surface area contributed by atoms with Gasteiger partial charge in [-0.3, -0.25) is 9.59 Å². The lowest BCUT2D eigenvalue weighted by atomic mass is 10.2. The van der Waals surface area contributed by atoms with Gasteiger partial charge in [-0.1, -0.05) is 50.8 Å². The van der Waals surface area contributed by atoms with Crippen LogP contribution in [-0.4, -0.2) is 25.7 Å². The number of esters is 2. The Bertz CT molecular complexity index is 498. The van der Waals surface area contributed by atoms with E-state index in [0.717, 1.165) is 18.4 Å². The van der Waals surface area contributed by atoms with Crippen molar-refractivity contribution < 1.29 is 23.8 Å². The molecule has 0 atom stereocenters. The summed E-state index contributed by atoms with van der Waals surface area (Å²) in [5.74, 6) is -0.0895. The summed E-state index contributed by atoms with van der Waals surface area (Å²) in [7, 11) is 1.57. The Hall–Kier alpha value is -2.04. The lowest BCUT2D eigenvalue weighted by Crippen LogP contribution is -2.11. The van der Waals surface area contributed by atoms with E-state index in [4.69, 9.17) is 14.2 Å². The fourth-order valence-corrected chi connectivity index (χ4v) is 2.22. The zero-order chi connectivity index (χ0) is 17.6.